The molecule has 0 radical (unpaired) electrons. The number of hydrogen-bond acceptors (Lipinski definition) is 3. The van der Waals surface area contributed by atoms with E-state index in [0.717, 1.165) is 11.1 Å². The number of amides is 2. The molecule has 0 aliphatic rings. The zero-order valence-electron chi connectivity index (χ0n) is 13.7. The molecule has 0 bridgehead atoms. The number of nitrogens with one attached hydrogen (secondary N) is 2. The van der Waals surface area contributed by atoms with Gasteiger partial charge in [0.1, 0.15) is 5.60 Å². The Balaban J connectivity index is 2.74. The highest BCUT2D eigenvalue weighted by molar-refractivity contribution is 6.34. The fourth-order valence-electron chi connectivity index (χ4n) is 1.79. The van der Waals surface area contributed by atoms with Crippen LogP contribution in [0.4, 0.5) is 10.5 Å². The number of aryl methyl sites for hydroxylation is 1. The molecule has 0 atom stereocenters. The minimum atomic E-state index is -0.536. The van der Waals surface area contributed by atoms with Crippen LogP contribution in [0.1, 0.15) is 45.2 Å². The van der Waals surface area contributed by atoms with E-state index in [1.54, 1.807) is 33.8 Å². The topological polar surface area (TPSA) is 67.4 Å². The predicted octanol–water partition coefficient (Wildman–Crippen LogP) is 4.02. The highest BCUT2D eigenvalue weighted by Gasteiger charge is 2.16. The van der Waals surface area contributed by atoms with E-state index >= 15 is 0 Å². The van der Waals surface area contributed by atoms with Crippen LogP contribution < -0.4 is 10.6 Å². The van der Waals surface area contributed by atoms with Gasteiger partial charge < -0.3 is 15.4 Å². The number of ether oxygens (including phenoxy) is 1. The summed E-state index contributed by atoms with van der Waals surface area (Å²) in [4.78, 5) is 23.1. The molecule has 0 aliphatic carbocycles. The third kappa shape index (κ3) is 5.93. The number of alkyl carbamates (subject to hydrolysis) is 1. The van der Waals surface area contributed by atoms with Crippen molar-refractivity contribution in [3.63, 3.8) is 0 Å². The van der Waals surface area contributed by atoms with Crippen LogP contribution >= 0.6 is 11.6 Å². The first kappa shape index (κ1) is 18.3. The number of halogens is 1. The van der Waals surface area contributed by atoms with Gasteiger partial charge in [0.25, 0.3) is 0 Å². The van der Waals surface area contributed by atoms with Gasteiger partial charge in [0.15, 0.2) is 0 Å². The molecule has 0 fully saturated rings. The lowest BCUT2D eigenvalue weighted by molar-refractivity contribution is -0.115. The predicted molar refractivity (Wildman–Crippen MR) is 88.2 cm³/mol. The van der Waals surface area contributed by atoms with Crippen LogP contribution in [0, 0.1) is 6.92 Å². The van der Waals surface area contributed by atoms with Gasteiger partial charge in [0.2, 0.25) is 5.91 Å². The van der Waals surface area contributed by atoms with Gasteiger partial charge in [-0.05, 0) is 44.9 Å². The molecule has 0 saturated heterocycles. The average molecular weight is 327 g/mol. The molecule has 2 amide bonds. The maximum atomic E-state index is 11.6. The lowest BCUT2D eigenvalue weighted by Crippen LogP contribution is -2.32. The molecule has 122 valence electrons. The van der Waals surface area contributed by atoms with Gasteiger partial charge in [-0.1, -0.05) is 24.6 Å². The Morgan fingerprint density at radius 3 is 2.41 bits per heavy atom. The molecule has 0 heterocycles. The summed E-state index contributed by atoms with van der Waals surface area (Å²) in [6.45, 7) is 9.35. The number of carbonyl (C=O) groups is 2. The Labute approximate surface area is 136 Å². The summed E-state index contributed by atoms with van der Waals surface area (Å²) >= 11 is 6.20. The van der Waals surface area contributed by atoms with E-state index in [1.807, 2.05) is 13.0 Å². The van der Waals surface area contributed by atoms with Crippen molar-refractivity contribution in [3.05, 3.63) is 28.3 Å². The molecular formula is C16H23ClN2O3. The Morgan fingerprint density at radius 1 is 1.27 bits per heavy atom. The van der Waals surface area contributed by atoms with Crippen molar-refractivity contribution in [2.24, 2.45) is 0 Å². The summed E-state index contributed by atoms with van der Waals surface area (Å²) in [5, 5.41) is 5.89. The average Bonchev–Trinajstić information content (AvgIpc) is 2.38. The minimum Gasteiger partial charge on any atom is -0.444 e. The summed E-state index contributed by atoms with van der Waals surface area (Å²) in [6.07, 6.45) is -0.0952. The van der Waals surface area contributed by atoms with Crippen LogP contribution in [0.3, 0.4) is 0 Å². The molecule has 0 saturated carbocycles. The van der Waals surface area contributed by atoms with Gasteiger partial charge in [-0.15, -0.1) is 0 Å². The number of carbonyl (C=O) groups excluding carboxylic acids is 2. The zero-order valence-corrected chi connectivity index (χ0v) is 14.4. The lowest BCUT2D eigenvalue weighted by Gasteiger charge is -2.20. The van der Waals surface area contributed by atoms with Crippen LogP contribution in [-0.2, 0) is 16.1 Å². The molecule has 0 unspecified atom stereocenters. The van der Waals surface area contributed by atoms with Crippen LogP contribution in [0.5, 0.6) is 0 Å². The molecule has 5 nitrogen and oxygen atoms in total. The van der Waals surface area contributed by atoms with Crippen molar-refractivity contribution in [2.75, 3.05) is 5.32 Å². The van der Waals surface area contributed by atoms with E-state index in [-0.39, 0.29) is 5.91 Å². The second-order valence-corrected chi connectivity index (χ2v) is 6.43. The van der Waals surface area contributed by atoms with Crippen molar-refractivity contribution in [2.45, 2.75) is 53.2 Å². The number of anilines is 1. The largest absolute Gasteiger partial charge is 0.444 e. The molecule has 1 aromatic rings. The van der Waals surface area contributed by atoms with Gasteiger partial charge in [0.05, 0.1) is 10.7 Å². The van der Waals surface area contributed by atoms with Crippen LogP contribution in [0.2, 0.25) is 5.02 Å². The third-order valence-electron chi connectivity index (χ3n) is 2.77. The highest BCUT2D eigenvalue weighted by Crippen LogP contribution is 2.27. The first-order valence-corrected chi connectivity index (χ1v) is 7.56. The fourth-order valence-corrected chi connectivity index (χ4v) is 2.13. The van der Waals surface area contributed by atoms with E-state index in [0.29, 0.717) is 23.7 Å². The Bertz CT molecular complexity index is 542. The molecule has 0 aromatic heterocycles. The highest BCUT2D eigenvalue weighted by atomic mass is 35.5. The molecule has 2 N–H and O–H groups in total. The van der Waals surface area contributed by atoms with Gasteiger partial charge in [-0.3, -0.25) is 4.79 Å². The Kier molecular flexibility index (Phi) is 6.23. The number of benzene rings is 1. The molecule has 22 heavy (non-hydrogen) atoms. The lowest BCUT2D eigenvalue weighted by atomic mass is 10.1. The van der Waals surface area contributed by atoms with Gasteiger partial charge in [-0.25, -0.2) is 4.79 Å². The summed E-state index contributed by atoms with van der Waals surface area (Å²) < 4.78 is 5.17. The smallest absolute Gasteiger partial charge is 0.407 e. The van der Waals surface area contributed by atoms with Crippen LogP contribution in [0.25, 0.3) is 0 Å². The molecule has 0 aliphatic heterocycles. The standard InChI is InChI=1S/C16H23ClN2O3/c1-6-13(20)19-14-10(2)7-11(8-12(14)17)9-18-15(21)22-16(3,4)5/h7-8H,6,9H2,1-5H3,(H,18,21)(H,19,20). The molecule has 1 rings (SSSR count). The van der Waals surface area contributed by atoms with Crippen LogP contribution in [-0.4, -0.2) is 17.6 Å². The summed E-state index contributed by atoms with van der Waals surface area (Å²) in [5.74, 6) is -0.0929. The van der Waals surface area contributed by atoms with Gasteiger partial charge in [-0.2, -0.15) is 0 Å². The zero-order chi connectivity index (χ0) is 16.9. The van der Waals surface area contributed by atoms with Crippen LogP contribution in [0.15, 0.2) is 12.1 Å². The monoisotopic (exact) mass is 326 g/mol. The van der Waals surface area contributed by atoms with Crippen molar-refractivity contribution in [1.82, 2.24) is 5.32 Å². The fraction of sp³-hybridized carbons (Fsp3) is 0.500. The van der Waals surface area contributed by atoms with E-state index in [4.69, 9.17) is 16.3 Å². The van der Waals surface area contributed by atoms with Crippen molar-refractivity contribution < 1.29 is 14.3 Å². The Hall–Kier alpha value is -1.75. The molecule has 1 aromatic carbocycles. The summed E-state index contributed by atoms with van der Waals surface area (Å²) in [5.41, 5.74) is 1.75. The first-order valence-electron chi connectivity index (χ1n) is 7.18. The third-order valence-corrected chi connectivity index (χ3v) is 3.07. The van der Waals surface area contributed by atoms with Crippen molar-refractivity contribution >= 4 is 29.3 Å². The Morgan fingerprint density at radius 2 is 1.91 bits per heavy atom. The van der Waals surface area contributed by atoms with Crippen molar-refractivity contribution in [3.8, 4) is 0 Å². The van der Waals surface area contributed by atoms with E-state index in [1.165, 1.54) is 0 Å². The van der Waals surface area contributed by atoms with Gasteiger partial charge >= 0.3 is 6.09 Å². The molecule has 6 heteroatoms. The van der Waals surface area contributed by atoms with Crippen molar-refractivity contribution in [1.29, 1.82) is 0 Å². The minimum absolute atomic E-state index is 0.0929. The number of rotatable bonds is 4. The van der Waals surface area contributed by atoms with E-state index < -0.39 is 11.7 Å². The first-order chi connectivity index (χ1) is 10.1. The SMILES string of the molecule is CCC(=O)Nc1c(C)cc(CNC(=O)OC(C)(C)C)cc1Cl. The second-order valence-electron chi connectivity index (χ2n) is 6.03. The summed E-state index contributed by atoms with van der Waals surface area (Å²) in [6, 6.07) is 3.59. The maximum absolute atomic E-state index is 11.6. The maximum Gasteiger partial charge on any atom is 0.407 e. The molecule has 0 spiro atoms. The van der Waals surface area contributed by atoms with E-state index in [2.05, 4.69) is 10.6 Å². The normalized spacial score (nSPS) is 11.0. The molecular weight excluding hydrogens is 304 g/mol. The van der Waals surface area contributed by atoms with Gasteiger partial charge in [0, 0.05) is 13.0 Å². The number of hydrogen-bond donors (Lipinski definition) is 2. The second kappa shape index (κ2) is 7.49. The summed E-state index contributed by atoms with van der Waals surface area (Å²) in [7, 11) is 0. The quantitative estimate of drug-likeness (QED) is 0.878. The van der Waals surface area contributed by atoms with E-state index in [9.17, 15) is 9.59 Å².